The predicted molar refractivity (Wildman–Crippen MR) is 215 cm³/mol. The Bertz CT molecular complexity index is 1810. The lowest BCUT2D eigenvalue weighted by molar-refractivity contribution is -0.138. The van der Waals surface area contributed by atoms with Crippen molar-refractivity contribution in [2.24, 2.45) is 5.92 Å². The van der Waals surface area contributed by atoms with Crippen molar-refractivity contribution in [3.63, 3.8) is 0 Å². The van der Waals surface area contributed by atoms with Crippen molar-refractivity contribution in [3.05, 3.63) is 95.1 Å². The van der Waals surface area contributed by atoms with Crippen LogP contribution in [0.3, 0.4) is 0 Å². The highest BCUT2D eigenvalue weighted by atomic mass is 16.2. The summed E-state index contributed by atoms with van der Waals surface area (Å²) in [7, 11) is 0. The minimum atomic E-state index is -1.13. The van der Waals surface area contributed by atoms with Gasteiger partial charge in [0.1, 0.15) is 11.8 Å². The Labute approximate surface area is 343 Å². The van der Waals surface area contributed by atoms with Crippen LogP contribution in [0, 0.1) is 5.92 Å². The predicted octanol–water partition coefficient (Wildman–Crippen LogP) is 3.45. The van der Waals surface area contributed by atoms with E-state index in [1.807, 2.05) is 13.8 Å². The van der Waals surface area contributed by atoms with Gasteiger partial charge in [-0.1, -0.05) is 44.5 Å². The topological polar surface area (TPSA) is 213 Å². The minimum Gasteiger partial charge on any atom is -0.344 e. The van der Waals surface area contributed by atoms with E-state index in [0.717, 1.165) is 33.8 Å². The number of carbonyl (C=O) groups is 10. The number of carbonyl (C=O) groups excluding carboxylic acids is 10. The lowest BCUT2D eigenvalue weighted by Crippen LogP contribution is -2.48. The molecule has 312 valence electrons. The summed E-state index contributed by atoms with van der Waals surface area (Å²) in [6.07, 6.45) is 7.59. The molecule has 9 amide bonds. The molecule has 3 N–H and O–H groups in total. The van der Waals surface area contributed by atoms with Crippen molar-refractivity contribution >= 4 is 58.9 Å². The highest BCUT2D eigenvalue weighted by molar-refractivity contribution is 6.13. The van der Waals surface area contributed by atoms with Gasteiger partial charge in [-0.05, 0) is 86.8 Å². The van der Waals surface area contributed by atoms with Gasteiger partial charge in [-0.15, -0.1) is 0 Å². The van der Waals surface area contributed by atoms with Gasteiger partial charge in [0.15, 0.2) is 0 Å². The molecular formula is C44H51N5O10. The molecule has 59 heavy (non-hydrogen) atoms. The van der Waals surface area contributed by atoms with Crippen LogP contribution in [0.25, 0.3) is 0 Å². The summed E-state index contributed by atoms with van der Waals surface area (Å²) >= 11 is 0. The molecular weight excluding hydrogens is 759 g/mol. The van der Waals surface area contributed by atoms with Crippen molar-refractivity contribution in [2.45, 2.75) is 96.9 Å². The zero-order chi connectivity index (χ0) is 42.9. The Balaban J connectivity index is 1.32. The van der Waals surface area contributed by atoms with Gasteiger partial charge in [-0.2, -0.15) is 0 Å². The van der Waals surface area contributed by atoms with E-state index in [1.54, 1.807) is 48.5 Å². The number of aryl methyl sites for hydroxylation is 2. The third kappa shape index (κ3) is 13.9. The summed E-state index contributed by atoms with van der Waals surface area (Å²) in [5.41, 5.74) is 2.56. The lowest BCUT2D eigenvalue weighted by atomic mass is 9.93. The van der Waals surface area contributed by atoms with E-state index in [4.69, 9.17) is 0 Å². The molecule has 2 aromatic carbocycles. The smallest absolute Gasteiger partial charge is 0.257 e. The second-order valence-corrected chi connectivity index (χ2v) is 14.5. The van der Waals surface area contributed by atoms with Crippen molar-refractivity contribution in [3.8, 4) is 0 Å². The number of hydrogen-bond acceptors (Lipinski definition) is 10. The molecule has 0 bridgehead atoms. The van der Waals surface area contributed by atoms with Crippen molar-refractivity contribution in [1.82, 2.24) is 25.8 Å². The van der Waals surface area contributed by atoms with Crippen LogP contribution in [0.5, 0.6) is 0 Å². The maximum atomic E-state index is 13.3. The molecule has 2 atom stereocenters. The number of amides is 9. The first-order chi connectivity index (χ1) is 28.3. The molecule has 0 fully saturated rings. The molecule has 15 heteroatoms. The summed E-state index contributed by atoms with van der Waals surface area (Å²) < 4.78 is 0. The van der Waals surface area contributed by atoms with E-state index in [2.05, 4.69) is 16.0 Å². The lowest BCUT2D eigenvalue weighted by Gasteiger charge is -2.19. The fraction of sp³-hybridized carbons (Fsp3) is 0.409. The van der Waals surface area contributed by atoms with E-state index in [-0.39, 0.29) is 68.5 Å². The zero-order valence-corrected chi connectivity index (χ0v) is 33.5. The Morgan fingerprint density at radius 2 is 0.983 bits per heavy atom. The van der Waals surface area contributed by atoms with E-state index in [1.165, 1.54) is 24.3 Å². The highest BCUT2D eigenvalue weighted by Gasteiger charge is 2.28. The molecule has 4 rings (SSSR count). The minimum absolute atomic E-state index is 0.0805. The average Bonchev–Trinajstić information content (AvgIpc) is 3.73. The fourth-order valence-corrected chi connectivity index (χ4v) is 6.61. The number of ketones is 1. The second kappa shape index (κ2) is 22.5. The quantitative estimate of drug-likeness (QED) is 0.110. The van der Waals surface area contributed by atoms with E-state index in [9.17, 15) is 47.9 Å². The number of nitrogens with one attached hydrogen (secondary N) is 3. The normalized spacial score (nSPS) is 14.4. The highest BCUT2D eigenvalue weighted by Crippen LogP contribution is 2.18. The number of unbranched alkanes of at least 4 members (excludes halogenated alkanes) is 2. The number of rotatable bonds is 23. The monoisotopic (exact) mass is 809 g/mol. The largest absolute Gasteiger partial charge is 0.344 e. The zero-order valence-electron chi connectivity index (χ0n) is 33.5. The van der Waals surface area contributed by atoms with Gasteiger partial charge in [0.25, 0.3) is 35.4 Å². The SMILES string of the molecule is CCc1ccc(C(=O)NC(=O)C(CCCCN2C(=O)C=CC2=O)CC(=O)CCCC(=O)NC(CCCCN2C(=O)C=CC2=O)C(=O)NC(=O)c2ccc(CC)cc2)cc1. The Hall–Kier alpha value is -6.38. The average molecular weight is 810 g/mol. The molecule has 0 radical (unpaired) electrons. The Kier molecular flexibility index (Phi) is 17.3. The van der Waals surface area contributed by atoms with Crippen molar-refractivity contribution < 1.29 is 47.9 Å². The molecule has 0 aliphatic carbocycles. The summed E-state index contributed by atoms with van der Waals surface area (Å²) in [6.45, 7) is 4.20. The first kappa shape index (κ1) is 45.3. The number of hydrogen-bond donors (Lipinski definition) is 3. The molecule has 2 aliphatic heterocycles. The Morgan fingerprint density at radius 3 is 1.44 bits per heavy atom. The first-order valence-corrected chi connectivity index (χ1v) is 20.1. The van der Waals surface area contributed by atoms with Crippen LogP contribution in [0.2, 0.25) is 0 Å². The van der Waals surface area contributed by atoms with Crippen LogP contribution in [0.1, 0.15) is 110 Å². The first-order valence-electron chi connectivity index (χ1n) is 20.1. The Morgan fingerprint density at radius 1 is 0.542 bits per heavy atom. The van der Waals surface area contributed by atoms with Gasteiger partial charge in [0.05, 0.1) is 0 Å². The summed E-state index contributed by atoms with van der Waals surface area (Å²) in [5.74, 6) is -6.15. The van der Waals surface area contributed by atoms with Crippen LogP contribution in [-0.2, 0) is 51.2 Å². The van der Waals surface area contributed by atoms with Crippen LogP contribution in [-0.4, -0.2) is 87.9 Å². The molecule has 0 aromatic heterocycles. The second-order valence-electron chi connectivity index (χ2n) is 14.5. The van der Waals surface area contributed by atoms with Crippen molar-refractivity contribution in [2.75, 3.05) is 13.1 Å². The molecule has 15 nitrogen and oxygen atoms in total. The third-order valence-corrected chi connectivity index (χ3v) is 10.2. The van der Waals surface area contributed by atoms with E-state index >= 15 is 0 Å². The van der Waals surface area contributed by atoms with Crippen LogP contribution >= 0.6 is 0 Å². The van der Waals surface area contributed by atoms with E-state index < -0.39 is 65.1 Å². The van der Waals surface area contributed by atoms with Gasteiger partial charge in [-0.25, -0.2) is 0 Å². The summed E-state index contributed by atoms with van der Waals surface area (Å²) in [4.78, 5) is 129. The summed E-state index contributed by atoms with van der Waals surface area (Å²) in [6, 6.07) is 12.4. The summed E-state index contributed by atoms with van der Waals surface area (Å²) in [5, 5.41) is 7.37. The van der Waals surface area contributed by atoms with Gasteiger partial charge < -0.3 is 5.32 Å². The van der Waals surface area contributed by atoms with Gasteiger partial charge in [0, 0.05) is 73.7 Å². The van der Waals surface area contributed by atoms with E-state index in [0.29, 0.717) is 25.7 Å². The van der Waals surface area contributed by atoms with Crippen molar-refractivity contribution in [1.29, 1.82) is 0 Å². The third-order valence-electron chi connectivity index (χ3n) is 10.2. The molecule has 2 unspecified atom stereocenters. The van der Waals surface area contributed by atoms with Crippen LogP contribution < -0.4 is 16.0 Å². The van der Waals surface area contributed by atoms with Gasteiger partial charge >= 0.3 is 0 Å². The van der Waals surface area contributed by atoms with Gasteiger partial charge in [0.2, 0.25) is 17.7 Å². The fourth-order valence-electron chi connectivity index (χ4n) is 6.61. The molecule has 2 aromatic rings. The van der Waals surface area contributed by atoms with Crippen LogP contribution in [0.15, 0.2) is 72.8 Å². The van der Waals surface area contributed by atoms with Gasteiger partial charge in [-0.3, -0.25) is 68.4 Å². The number of Topliss-reactive ketones (excluding diaryl/α,β-unsaturated/α-hetero) is 1. The maximum absolute atomic E-state index is 13.3. The van der Waals surface area contributed by atoms with Crippen LogP contribution in [0.4, 0.5) is 0 Å². The molecule has 2 heterocycles. The standard InChI is InChI=1S/C44H51N5O10/c1-3-29-14-18-31(19-15-29)41(56)46-43(58)33(10-5-7-26-48-37(52)22-23-38(48)53)28-34(50)11-9-13-36(51)45-35(12-6-8-27-49-39(54)24-25-40(49)55)44(59)47-42(57)32-20-16-30(4-2)17-21-32/h14-25,33,35H,3-13,26-28H2,1-2H3,(H,45,51)(H,46,56,58)(H,47,57,59). The molecule has 0 saturated heterocycles. The molecule has 0 saturated carbocycles. The number of benzene rings is 2. The molecule has 2 aliphatic rings. The number of imide groups is 4. The molecule has 0 spiro atoms. The number of nitrogens with zero attached hydrogens (tertiary/aromatic N) is 2. The maximum Gasteiger partial charge on any atom is 0.257 e.